The maximum absolute atomic E-state index is 12.1. The molecule has 0 aliphatic rings. The van der Waals surface area contributed by atoms with Crippen LogP contribution in [0.2, 0.25) is 0 Å². The second-order valence-electron chi connectivity index (χ2n) is 5.85. The van der Waals surface area contributed by atoms with Crippen LogP contribution in [0.25, 0.3) is 0 Å². The molecule has 2 aromatic heterocycles. The van der Waals surface area contributed by atoms with Crippen molar-refractivity contribution in [1.29, 1.82) is 0 Å². The Kier molecular flexibility index (Phi) is 5.28. The molecule has 0 aliphatic heterocycles. The molecule has 7 nitrogen and oxygen atoms in total. The van der Waals surface area contributed by atoms with Crippen LogP contribution in [-0.2, 0) is 17.9 Å². The number of aromatic nitrogens is 5. The molecule has 3 aromatic rings. The summed E-state index contributed by atoms with van der Waals surface area (Å²) in [5.41, 5.74) is 3.34. The van der Waals surface area contributed by atoms with Crippen molar-refractivity contribution in [1.82, 2.24) is 24.5 Å². The minimum Gasteiger partial charge on any atom is -0.293 e. The summed E-state index contributed by atoms with van der Waals surface area (Å²) in [7, 11) is 0. The molecule has 1 amide bonds. The summed E-state index contributed by atoms with van der Waals surface area (Å²) >= 11 is 3.40. The van der Waals surface area contributed by atoms with Gasteiger partial charge in [-0.3, -0.25) is 14.8 Å². The van der Waals surface area contributed by atoms with Gasteiger partial charge in [0.2, 0.25) is 11.9 Å². The smallest absolute Gasteiger partial charge is 0.248 e. The van der Waals surface area contributed by atoms with Crippen molar-refractivity contribution in [3.63, 3.8) is 0 Å². The number of hydrogen-bond donors (Lipinski definition) is 1. The second kappa shape index (κ2) is 7.60. The molecule has 0 aliphatic carbocycles. The van der Waals surface area contributed by atoms with Crippen LogP contribution in [0.4, 0.5) is 5.95 Å². The number of anilines is 1. The van der Waals surface area contributed by atoms with Crippen LogP contribution in [0, 0.1) is 13.8 Å². The molecule has 1 aromatic carbocycles. The van der Waals surface area contributed by atoms with Crippen LogP contribution in [0.1, 0.15) is 23.2 Å². The molecule has 0 bridgehead atoms. The highest BCUT2D eigenvalue weighted by Crippen LogP contribution is 2.14. The SMILES string of the molecule is Cc1ccc(Cn2cnc(NC(=O)CCn3ncc(Br)c3C)n2)cc1. The molecular formula is C17H19BrN6O. The summed E-state index contributed by atoms with van der Waals surface area (Å²) in [5, 5.41) is 11.2. The third-order valence-electron chi connectivity index (χ3n) is 3.85. The van der Waals surface area contributed by atoms with Gasteiger partial charge in [-0.2, -0.15) is 5.10 Å². The average Bonchev–Trinajstić information content (AvgIpc) is 3.15. The molecule has 0 radical (unpaired) electrons. The normalized spacial score (nSPS) is 10.8. The van der Waals surface area contributed by atoms with Crippen molar-refractivity contribution >= 4 is 27.8 Å². The van der Waals surface area contributed by atoms with Crippen LogP contribution in [-0.4, -0.2) is 30.5 Å². The van der Waals surface area contributed by atoms with E-state index >= 15 is 0 Å². The Balaban J connectivity index is 1.53. The van der Waals surface area contributed by atoms with E-state index in [-0.39, 0.29) is 5.91 Å². The van der Waals surface area contributed by atoms with E-state index in [1.165, 1.54) is 5.56 Å². The minimum atomic E-state index is -0.140. The van der Waals surface area contributed by atoms with Gasteiger partial charge in [0, 0.05) is 12.1 Å². The fraction of sp³-hybridized carbons (Fsp3) is 0.294. The number of rotatable bonds is 6. The number of aryl methyl sites for hydroxylation is 2. The van der Waals surface area contributed by atoms with E-state index in [4.69, 9.17) is 0 Å². The Hall–Kier alpha value is -2.48. The minimum absolute atomic E-state index is 0.140. The number of benzene rings is 1. The lowest BCUT2D eigenvalue weighted by Gasteiger charge is -2.04. The number of nitrogens with one attached hydrogen (secondary N) is 1. The van der Waals surface area contributed by atoms with Gasteiger partial charge in [0.25, 0.3) is 0 Å². The Morgan fingerprint density at radius 3 is 2.68 bits per heavy atom. The zero-order valence-corrected chi connectivity index (χ0v) is 15.7. The van der Waals surface area contributed by atoms with Gasteiger partial charge >= 0.3 is 0 Å². The van der Waals surface area contributed by atoms with E-state index in [1.807, 2.05) is 6.92 Å². The third kappa shape index (κ3) is 4.54. The molecule has 0 fully saturated rings. The molecule has 0 saturated carbocycles. The highest BCUT2D eigenvalue weighted by Gasteiger charge is 2.09. The van der Waals surface area contributed by atoms with Gasteiger partial charge in [-0.25, -0.2) is 9.67 Å². The highest BCUT2D eigenvalue weighted by molar-refractivity contribution is 9.10. The van der Waals surface area contributed by atoms with Crippen molar-refractivity contribution in [2.75, 3.05) is 5.32 Å². The Labute approximate surface area is 154 Å². The Bertz CT molecular complexity index is 868. The van der Waals surface area contributed by atoms with Crippen molar-refractivity contribution in [3.05, 3.63) is 58.1 Å². The summed E-state index contributed by atoms with van der Waals surface area (Å²) in [6.45, 7) is 5.12. The quantitative estimate of drug-likeness (QED) is 0.687. The van der Waals surface area contributed by atoms with Crippen molar-refractivity contribution < 1.29 is 4.79 Å². The van der Waals surface area contributed by atoms with E-state index in [0.29, 0.717) is 25.5 Å². The topological polar surface area (TPSA) is 77.6 Å². The van der Waals surface area contributed by atoms with Crippen LogP contribution in [0.3, 0.4) is 0 Å². The first-order valence-corrected chi connectivity index (χ1v) is 8.73. The molecule has 0 unspecified atom stereocenters. The number of amides is 1. The lowest BCUT2D eigenvalue weighted by molar-refractivity contribution is -0.116. The largest absolute Gasteiger partial charge is 0.293 e. The monoisotopic (exact) mass is 402 g/mol. The molecule has 1 N–H and O–H groups in total. The fourth-order valence-corrected chi connectivity index (χ4v) is 2.65. The van der Waals surface area contributed by atoms with E-state index < -0.39 is 0 Å². The number of halogens is 1. The van der Waals surface area contributed by atoms with E-state index in [2.05, 4.69) is 67.6 Å². The first-order chi connectivity index (χ1) is 12.0. The first kappa shape index (κ1) is 17.3. The molecule has 0 atom stereocenters. The zero-order valence-electron chi connectivity index (χ0n) is 14.1. The van der Waals surface area contributed by atoms with E-state index in [1.54, 1.807) is 21.9 Å². The standard InChI is InChI=1S/C17H19BrN6O/c1-12-3-5-14(6-4-12)10-23-11-19-17(22-23)21-16(25)7-8-24-13(2)15(18)9-20-24/h3-6,9,11H,7-8,10H2,1-2H3,(H,21,22,25). The lowest BCUT2D eigenvalue weighted by atomic mass is 10.1. The average molecular weight is 403 g/mol. The molecular weight excluding hydrogens is 384 g/mol. The van der Waals surface area contributed by atoms with Crippen molar-refractivity contribution in [2.45, 2.75) is 33.4 Å². The fourth-order valence-electron chi connectivity index (χ4n) is 2.35. The van der Waals surface area contributed by atoms with Crippen molar-refractivity contribution in [3.8, 4) is 0 Å². The van der Waals surface area contributed by atoms with Gasteiger partial charge in [0.05, 0.1) is 23.8 Å². The second-order valence-corrected chi connectivity index (χ2v) is 6.70. The molecule has 2 heterocycles. The predicted molar refractivity (Wildman–Crippen MR) is 98.2 cm³/mol. The summed E-state index contributed by atoms with van der Waals surface area (Å²) < 4.78 is 4.42. The summed E-state index contributed by atoms with van der Waals surface area (Å²) in [6.07, 6.45) is 3.65. The maximum atomic E-state index is 12.1. The number of hydrogen-bond acceptors (Lipinski definition) is 4. The Morgan fingerprint density at radius 2 is 2.00 bits per heavy atom. The predicted octanol–water partition coefficient (Wildman–Crippen LogP) is 2.93. The molecule has 0 saturated heterocycles. The van der Waals surface area contributed by atoms with E-state index in [9.17, 15) is 4.79 Å². The summed E-state index contributed by atoms with van der Waals surface area (Å²) in [5.74, 6) is 0.176. The maximum Gasteiger partial charge on any atom is 0.248 e. The molecule has 0 spiro atoms. The number of carbonyl (C=O) groups excluding carboxylic acids is 1. The molecule has 130 valence electrons. The first-order valence-electron chi connectivity index (χ1n) is 7.94. The van der Waals surface area contributed by atoms with E-state index in [0.717, 1.165) is 15.7 Å². The van der Waals surface area contributed by atoms with Crippen LogP contribution >= 0.6 is 15.9 Å². The van der Waals surface area contributed by atoms with Crippen LogP contribution < -0.4 is 5.32 Å². The van der Waals surface area contributed by atoms with Crippen LogP contribution in [0.15, 0.2) is 41.3 Å². The molecule has 25 heavy (non-hydrogen) atoms. The zero-order chi connectivity index (χ0) is 17.8. The summed E-state index contributed by atoms with van der Waals surface area (Å²) in [6, 6.07) is 8.23. The van der Waals surface area contributed by atoms with Gasteiger partial charge < -0.3 is 0 Å². The summed E-state index contributed by atoms with van der Waals surface area (Å²) in [4.78, 5) is 16.2. The molecule has 3 rings (SSSR count). The third-order valence-corrected chi connectivity index (χ3v) is 4.63. The van der Waals surface area contributed by atoms with Crippen LogP contribution in [0.5, 0.6) is 0 Å². The van der Waals surface area contributed by atoms with Crippen molar-refractivity contribution in [2.24, 2.45) is 0 Å². The highest BCUT2D eigenvalue weighted by atomic mass is 79.9. The number of nitrogens with zero attached hydrogens (tertiary/aromatic N) is 5. The molecule has 8 heteroatoms. The lowest BCUT2D eigenvalue weighted by Crippen LogP contribution is -2.16. The Morgan fingerprint density at radius 1 is 1.24 bits per heavy atom. The number of carbonyl (C=O) groups is 1. The van der Waals surface area contributed by atoms with Gasteiger partial charge in [0.15, 0.2) is 0 Å². The van der Waals surface area contributed by atoms with Gasteiger partial charge in [-0.05, 0) is 35.3 Å². The van der Waals surface area contributed by atoms with Gasteiger partial charge in [0.1, 0.15) is 6.33 Å². The van der Waals surface area contributed by atoms with Gasteiger partial charge in [-0.15, -0.1) is 5.10 Å². The van der Waals surface area contributed by atoms with Gasteiger partial charge in [-0.1, -0.05) is 29.8 Å².